The number of carbonyl (C=O) groups is 5. The van der Waals surface area contributed by atoms with E-state index in [0.29, 0.717) is 0 Å². The zero-order chi connectivity index (χ0) is 26.3. The molecule has 1 fully saturated rings. The molecule has 5 atom stereocenters. The summed E-state index contributed by atoms with van der Waals surface area (Å²) in [6, 6.07) is 3.34. The number of nitro groups is 1. The smallest absolute Gasteiger partial charge is 0.305 e. The van der Waals surface area contributed by atoms with E-state index in [1.165, 1.54) is 18.2 Å². The number of hydrogen-bond donors (Lipinski definition) is 1. The fraction of sp³-hybridized carbons (Fsp3) is 0.476. The number of non-ortho nitro benzene ring substituents is 1. The van der Waals surface area contributed by atoms with Crippen molar-refractivity contribution in [3.8, 4) is 0 Å². The third kappa shape index (κ3) is 7.74. The lowest BCUT2D eigenvalue weighted by Gasteiger charge is -2.44. The SMILES string of the molecule is CC(=O)OCC1OC(OC(C)=O)C(NC(=O)c2cccc([N+](=O)[O-])c2)C(OC(C)=O)C1OC(C)=O. The Bertz CT molecular complexity index is 1010. The number of nitrogens with one attached hydrogen (secondary N) is 1. The average molecular weight is 496 g/mol. The molecule has 0 radical (unpaired) electrons. The molecule has 5 unspecified atom stereocenters. The van der Waals surface area contributed by atoms with Gasteiger partial charge in [0, 0.05) is 45.4 Å². The van der Waals surface area contributed by atoms with Gasteiger partial charge in [0.15, 0.2) is 12.2 Å². The quantitative estimate of drug-likeness (QED) is 0.226. The van der Waals surface area contributed by atoms with E-state index >= 15 is 0 Å². The molecule has 14 nitrogen and oxygen atoms in total. The first-order chi connectivity index (χ1) is 16.4. The first-order valence-corrected chi connectivity index (χ1v) is 10.2. The number of benzene rings is 1. The second-order valence-electron chi connectivity index (χ2n) is 7.41. The number of esters is 4. The van der Waals surface area contributed by atoms with Crippen molar-refractivity contribution in [1.29, 1.82) is 0 Å². The number of hydrogen-bond acceptors (Lipinski definition) is 12. The summed E-state index contributed by atoms with van der Waals surface area (Å²) in [5, 5.41) is 13.5. The summed E-state index contributed by atoms with van der Waals surface area (Å²) >= 11 is 0. The largest absolute Gasteiger partial charge is 0.463 e. The van der Waals surface area contributed by atoms with E-state index in [0.717, 1.165) is 33.8 Å². The van der Waals surface area contributed by atoms with Gasteiger partial charge in [0.1, 0.15) is 18.8 Å². The van der Waals surface area contributed by atoms with Crippen LogP contribution in [0.1, 0.15) is 38.1 Å². The highest BCUT2D eigenvalue weighted by molar-refractivity contribution is 5.95. The highest BCUT2D eigenvalue weighted by atomic mass is 16.7. The second kappa shape index (κ2) is 11.9. The van der Waals surface area contributed by atoms with Crippen LogP contribution in [-0.2, 0) is 42.9 Å². The Balaban J connectivity index is 2.48. The summed E-state index contributed by atoms with van der Waals surface area (Å²) < 4.78 is 26.3. The van der Waals surface area contributed by atoms with Gasteiger partial charge < -0.3 is 29.0 Å². The molecule has 1 N–H and O–H groups in total. The second-order valence-corrected chi connectivity index (χ2v) is 7.41. The van der Waals surface area contributed by atoms with Crippen molar-refractivity contribution in [2.45, 2.75) is 58.3 Å². The van der Waals surface area contributed by atoms with Crippen LogP contribution >= 0.6 is 0 Å². The van der Waals surface area contributed by atoms with Crippen LogP contribution in [0.15, 0.2) is 24.3 Å². The maximum absolute atomic E-state index is 12.9. The molecule has 0 saturated carbocycles. The Hall–Kier alpha value is -4.07. The molecule has 0 spiro atoms. The first kappa shape index (κ1) is 27.2. The van der Waals surface area contributed by atoms with Crippen LogP contribution in [-0.4, -0.2) is 72.0 Å². The van der Waals surface area contributed by atoms with E-state index in [-0.39, 0.29) is 11.3 Å². The highest BCUT2D eigenvalue weighted by Crippen LogP contribution is 2.28. The lowest BCUT2D eigenvalue weighted by Crippen LogP contribution is -2.67. The lowest BCUT2D eigenvalue weighted by atomic mass is 9.95. The molecule has 0 aromatic heterocycles. The van der Waals surface area contributed by atoms with Crippen molar-refractivity contribution in [2.24, 2.45) is 0 Å². The van der Waals surface area contributed by atoms with E-state index in [2.05, 4.69) is 5.32 Å². The average Bonchev–Trinajstić information content (AvgIpc) is 2.75. The molecule has 1 heterocycles. The molecule has 1 amide bonds. The maximum Gasteiger partial charge on any atom is 0.305 e. The van der Waals surface area contributed by atoms with Crippen molar-refractivity contribution < 1.29 is 52.6 Å². The normalized spacial score (nSPS) is 23.4. The number of ether oxygens (including phenoxy) is 5. The summed E-state index contributed by atoms with van der Waals surface area (Å²) in [6.07, 6.45) is -5.68. The van der Waals surface area contributed by atoms with Gasteiger partial charge in [0.25, 0.3) is 11.6 Å². The molecular formula is C21H24N2O12. The van der Waals surface area contributed by atoms with Gasteiger partial charge in [-0.3, -0.25) is 34.1 Å². The third-order valence-corrected chi connectivity index (χ3v) is 4.60. The van der Waals surface area contributed by atoms with Crippen molar-refractivity contribution in [3.63, 3.8) is 0 Å². The zero-order valence-electron chi connectivity index (χ0n) is 19.2. The van der Waals surface area contributed by atoms with Crippen molar-refractivity contribution in [2.75, 3.05) is 6.61 Å². The molecule has 1 aliphatic rings. The van der Waals surface area contributed by atoms with Crippen LogP contribution in [0.5, 0.6) is 0 Å². The topological polar surface area (TPSA) is 187 Å². The molecule has 1 saturated heterocycles. The molecule has 2 rings (SSSR count). The number of amides is 1. The van der Waals surface area contributed by atoms with E-state index in [1.54, 1.807) is 0 Å². The summed E-state index contributed by atoms with van der Waals surface area (Å²) in [7, 11) is 0. The predicted molar refractivity (Wildman–Crippen MR) is 113 cm³/mol. The number of nitro benzene ring substituents is 1. The fourth-order valence-electron chi connectivity index (χ4n) is 3.32. The van der Waals surface area contributed by atoms with Crippen LogP contribution < -0.4 is 5.32 Å². The lowest BCUT2D eigenvalue weighted by molar-refractivity contribution is -0.384. The Morgan fingerprint density at radius 3 is 2.09 bits per heavy atom. The van der Waals surface area contributed by atoms with Gasteiger partial charge in [0.05, 0.1) is 4.92 Å². The minimum atomic E-state index is -1.58. The van der Waals surface area contributed by atoms with Crippen LogP contribution in [0.2, 0.25) is 0 Å². The van der Waals surface area contributed by atoms with Crippen LogP contribution in [0.4, 0.5) is 5.69 Å². The van der Waals surface area contributed by atoms with Gasteiger partial charge in [-0.25, -0.2) is 0 Å². The molecule has 35 heavy (non-hydrogen) atoms. The molecular weight excluding hydrogens is 472 g/mol. The number of nitrogens with zero attached hydrogens (tertiary/aromatic N) is 1. The Labute approximate surface area is 198 Å². The van der Waals surface area contributed by atoms with Crippen LogP contribution in [0.3, 0.4) is 0 Å². The zero-order valence-corrected chi connectivity index (χ0v) is 19.2. The molecule has 0 bridgehead atoms. The minimum Gasteiger partial charge on any atom is -0.463 e. The van der Waals surface area contributed by atoms with Crippen LogP contribution in [0.25, 0.3) is 0 Å². The Morgan fingerprint density at radius 1 is 0.943 bits per heavy atom. The van der Waals surface area contributed by atoms with E-state index in [9.17, 15) is 34.1 Å². The standard InChI is InChI=1S/C21H24N2O12/c1-10(24)31-9-16-18(32-11(2)25)19(33-12(3)26)17(21(35-16)34-13(4)27)22-20(28)14-6-5-7-15(8-14)23(29)30/h5-8,16-19,21H,9H2,1-4H3,(H,22,28). The predicted octanol–water partition coefficient (Wildman–Crippen LogP) is 0.408. The van der Waals surface area contributed by atoms with Gasteiger partial charge in [0.2, 0.25) is 6.29 Å². The van der Waals surface area contributed by atoms with E-state index in [1.807, 2.05) is 0 Å². The summed E-state index contributed by atoms with van der Waals surface area (Å²) in [6.45, 7) is 3.85. The first-order valence-electron chi connectivity index (χ1n) is 10.2. The van der Waals surface area contributed by atoms with Gasteiger partial charge in [-0.05, 0) is 6.07 Å². The Morgan fingerprint density at radius 2 is 1.54 bits per heavy atom. The van der Waals surface area contributed by atoms with Crippen molar-refractivity contribution >= 4 is 35.5 Å². The maximum atomic E-state index is 12.9. The summed E-state index contributed by atoms with van der Waals surface area (Å²) in [5.74, 6) is -4.03. The minimum absolute atomic E-state index is 0.131. The van der Waals surface area contributed by atoms with Gasteiger partial charge in [-0.2, -0.15) is 0 Å². The number of rotatable bonds is 8. The third-order valence-electron chi connectivity index (χ3n) is 4.60. The van der Waals surface area contributed by atoms with Crippen molar-refractivity contribution in [3.05, 3.63) is 39.9 Å². The summed E-state index contributed by atoms with van der Waals surface area (Å²) in [4.78, 5) is 70.0. The van der Waals surface area contributed by atoms with E-state index < -0.39 is 72.0 Å². The molecule has 1 aliphatic heterocycles. The molecule has 14 heteroatoms. The van der Waals surface area contributed by atoms with Crippen LogP contribution in [0, 0.1) is 10.1 Å². The number of carbonyl (C=O) groups excluding carboxylic acids is 5. The van der Waals surface area contributed by atoms with Gasteiger partial charge in [-0.15, -0.1) is 0 Å². The fourth-order valence-corrected chi connectivity index (χ4v) is 3.32. The van der Waals surface area contributed by atoms with Gasteiger partial charge in [-0.1, -0.05) is 6.07 Å². The van der Waals surface area contributed by atoms with Gasteiger partial charge >= 0.3 is 23.9 Å². The summed E-state index contributed by atoms with van der Waals surface area (Å²) in [5.41, 5.74) is -0.488. The highest BCUT2D eigenvalue weighted by Gasteiger charge is 2.52. The monoisotopic (exact) mass is 496 g/mol. The molecule has 1 aromatic carbocycles. The molecule has 0 aliphatic carbocycles. The Kier molecular flexibility index (Phi) is 9.22. The van der Waals surface area contributed by atoms with Crippen molar-refractivity contribution in [1.82, 2.24) is 5.32 Å². The molecule has 190 valence electrons. The molecule has 1 aromatic rings. The van der Waals surface area contributed by atoms with E-state index in [4.69, 9.17) is 23.7 Å².